The SMILES string of the molecule is CCOC(=O)C(C)(C)C(=O)CN1CCC(C(C)O)CC1. The second-order valence-electron chi connectivity index (χ2n) is 6.12. The van der Waals surface area contributed by atoms with Gasteiger partial charge in [-0.15, -0.1) is 0 Å². The molecular formula is C15H27NO4. The number of carbonyl (C=O) groups is 2. The number of piperidine rings is 1. The zero-order valence-electron chi connectivity index (χ0n) is 13.0. The summed E-state index contributed by atoms with van der Waals surface area (Å²) in [5.74, 6) is -0.241. The number of aliphatic hydroxyl groups is 1. The first-order valence-corrected chi connectivity index (χ1v) is 7.40. The van der Waals surface area contributed by atoms with E-state index in [1.165, 1.54) is 0 Å². The molecule has 1 heterocycles. The van der Waals surface area contributed by atoms with E-state index in [0.29, 0.717) is 5.92 Å². The Morgan fingerprint density at radius 1 is 1.35 bits per heavy atom. The van der Waals surface area contributed by atoms with Crippen LogP contribution in [0.25, 0.3) is 0 Å². The fourth-order valence-electron chi connectivity index (χ4n) is 2.42. The van der Waals surface area contributed by atoms with Gasteiger partial charge in [0.15, 0.2) is 5.78 Å². The third kappa shape index (κ3) is 4.28. The van der Waals surface area contributed by atoms with E-state index in [0.717, 1.165) is 25.9 Å². The van der Waals surface area contributed by atoms with E-state index in [2.05, 4.69) is 4.90 Å². The molecule has 5 heteroatoms. The van der Waals surface area contributed by atoms with Gasteiger partial charge in [-0.3, -0.25) is 14.5 Å². The second-order valence-corrected chi connectivity index (χ2v) is 6.12. The monoisotopic (exact) mass is 285 g/mol. The summed E-state index contributed by atoms with van der Waals surface area (Å²) >= 11 is 0. The highest BCUT2D eigenvalue weighted by Crippen LogP contribution is 2.23. The van der Waals surface area contributed by atoms with Crippen LogP contribution in [0.1, 0.15) is 40.5 Å². The number of rotatable bonds is 6. The number of esters is 1. The number of nitrogens with zero attached hydrogens (tertiary/aromatic N) is 1. The maximum Gasteiger partial charge on any atom is 0.319 e. The molecule has 0 aromatic heterocycles. The van der Waals surface area contributed by atoms with Gasteiger partial charge in [0.25, 0.3) is 0 Å². The third-order valence-corrected chi connectivity index (χ3v) is 4.16. The lowest BCUT2D eigenvalue weighted by molar-refractivity contribution is -0.158. The van der Waals surface area contributed by atoms with Gasteiger partial charge in [0.05, 0.1) is 19.3 Å². The normalized spacial score (nSPS) is 19.6. The highest BCUT2D eigenvalue weighted by atomic mass is 16.5. The fourth-order valence-corrected chi connectivity index (χ4v) is 2.42. The van der Waals surface area contributed by atoms with Gasteiger partial charge in [-0.1, -0.05) is 0 Å². The predicted molar refractivity (Wildman–Crippen MR) is 76.3 cm³/mol. The van der Waals surface area contributed by atoms with E-state index in [-0.39, 0.29) is 25.0 Å². The minimum Gasteiger partial charge on any atom is -0.465 e. The molecule has 0 aromatic carbocycles. The summed E-state index contributed by atoms with van der Waals surface area (Å²) in [6, 6.07) is 0. The predicted octanol–water partition coefficient (Wildman–Crippen LogP) is 1.24. The molecule has 1 saturated heterocycles. The lowest BCUT2D eigenvalue weighted by Gasteiger charge is -2.34. The molecule has 0 bridgehead atoms. The molecule has 0 aromatic rings. The van der Waals surface area contributed by atoms with Crippen molar-refractivity contribution >= 4 is 11.8 Å². The Labute approximate surface area is 121 Å². The Hall–Kier alpha value is -0.940. The van der Waals surface area contributed by atoms with Crippen LogP contribution in [-0.2, 0) is 14.3 Å². The van der Waals surface area contributed by atoms with E-state index in [9.17, 15) is 14.7 Å². The average molecular weight is 285 g/mol. The summed E-state index contributed by atoms with van der Waals surface area (Å²) in [6.07, 6.45) is 1.50. The van der Waals surface area contributed by atoms with Crippen LogP contribution in [0.2, 0.25) is 0 Å². The molecule has 20 heavy (non-hydrogen) atoms. The first-order valence-electron chi connectivity index (χ1n) is 7.40. The van der Waals surface area contributed by atoms with Crippen molar-refractivity contribution in [2.45, 2.75) is 46.6 Å². The quantitative estimate of drug-likeness (QED) is 0.587. The Bertz CT molecular complexity index is 344. The van der Waals surface area contributed by atoms with Gasteiger partial charge in [0.2, 0.25) is 0 Å². The minimum absolute atomic E-state index is 0.105. The van der Waals surface area contributed by atoms with Crippen molar-refractivity contribution in [3.8, 4) is 0 Å². The Kier molecular flexibility index (Phi) is 6.14. The summed E-state index contributed by atoms with van der Waals surface area (Å²) in [5, 5.41) is 9.56. The fraction of sp³-hybridized carbons (Fsp3) is 0.867. The van der Waals surface area contributed by atoms with E-state index < -0.39 is 11.4 Å². The number of aliphatic hydroxyl groups excluding tert-OH is 1. The molecule has 0 amide bonds. The molecule has 0 spiro atoms. The van der Waals surface area contributed by atoms with Gasteiger partial charge in [0, 0.05) is 0 Å². The molecule has 0 radical (unpaired) electrons. The van der Waals surface area contributed by atoms with Crippen molar-refractivity contribution in [2.75, 3.05) is 26.2 Å². The van der Waals surface area contributed by atoms with Crippen LogP contribution in [0, 0.1) is 11.3 Å². The average Bonchev–Trinajstić information content (AvgIpc) is 2.39. The molecule has 0 saturated carbocycles. The smallest absolute Gasteiger partial charge is 0.319 e. The van der Waals surface area contributed by atoms with Gasteiger partial charge in [-0.25, -0.2) is 0 Å². The van der Waals surface area contributed by atoms with Gasteiger partial charge < -0.3 is 9.84 Å². The molecule has 1 unspecified atom stereocenters. The summed E-state index contributed by atoms with van der Waals surface area (Å²) in [6.45, 7) is 8.94. The zero-order chi connectivity index (χ0) is 15.3. The van der Waals surface area contributed by atoms with Crippen molar-refractivity contribution in [1.29, 1.82) is 0 Å². The van der Waals surface area contributed by atoms with Crippen molar-refractivity contribution in [2.24, 2.45) is 11.3 Å². The van der Waals surface area contributed by atoms with Gasteiger partial charge in [0.1, 0.15) is 5.41 Å². The van der Waals surface area contributed by atoms with Crippen LogP contribution in [0.4, 0.5) is 0 Å². The van der Waals surface area contributed by atoms with Gasteiger partial charge in [-0.2, -0.15) is 0 Å². The summed E-state index contributed by atoms with van der Waals surface area (Å²) in [4.78, 5) is 26.1. The number of carbonyl (C=O) groups excluding carboxylic acids is 2. The molecule has 1 aliphatic rings. The number of ketones is 1. The molecule has 0 aliphatic carbocycles. The van der Waals surface area contributed by atoms with Crippen LogP contribution in [0.3, 0.4) is 0 Å². The highest BCUT2D eigenvalue weighted by Gasteiger charge is 2.38. The third-order valence-electron chi connectivity index (χ3n) is 4.16. The molecule has 116 valence electrons. The van der Waals surface area contributed by atoms with Crippen LogP contribution < -0.4 is 0 Å². The molecular weight excluding hydrogens is 258 g/mol. The molecule has 1 fully saturated rings. The Morgan fingerprint density at radius 2 is 1.90 bits per heavy atom. The van der Waals surface area contributed by atoms with Gasteiger partial charge >= 0.3 is 5.97 Å². The van der Waals surface area contributed by atoms with Gasteiger partial charge in [-0.05, 0) is 59.5 Å². The maximum atomic E-state index is 12.3. The molecule has 5 nitrogen and oxygen atoms in total. The number of hydrogen-bond donors (Lipinski definition) is 1. The first kappa shape index (κ1) is 17.1. The van der Waals surface area contributed by atoms with E-state index in [1.807, 2.05) is 6.92 Å². The lowest BCUT2D eigenvalue weighted by Crippen LogP contribution is -2.45. The van der Waals surface area contributed by atoms with Crippen molar-refractivity contribution in [3.05, 3.63) is 0 Å². The van der Waals surface area contributed by atoms with E-state index >= 15 is 0 Å². The van der Waals surface area contributed by atoms with Crippen LogP contribution in [0.15, 0.2) is 0 Å². The second kappa shape index (κ2) is 7.18. The largest absolute Gasteiger partial charge is 0.465 e. The minimum atomic E-state index is -1.09. The number of likely N-dealkylation sites (tertiary alicyclic amines) is 1. The molecule has 1 atom stereocenters. The van der Waals surface area contributed by atoms with Crippen molar-refractivity contribution in [1.82, 2.24) is 4.90 Å². The summed E-state index contributed by atoms with van der Waals surface area (Å²) in [5.41, 5.74) is -1.09. The Morgan fingerprint density at radius 3 is 2.35 bits per heavy atom. The summed E-state index contributed by atoms with van der Waals surface area (Å²) < 4.78 is 4.95. The first-order chi connectivity index (χ1) is 9.28. The molecule has 1 rings (SSSR count). The van der Waals surface area contributed by atoms with Crippen LogP contribution in [0.5, 0.6) is 0 Å². The Balaban J connectivity index is 2.49. The summed E-state index contributed by atoms with van der Waals surface area (Å²) in [7, 11) is 0. The standard InChI is InChI=1S/C15H27NO4/c1-5-20-14(19)15(3,4)13(18)10-16-8-6-12(7-9-16)11(2)17/h11-12,17H,5-10H2,1-4H3. The van der Waals surface area contributed by atoms with E-state index in [1.54, 1.807) is 20.8 Å². The maximum absolute atomic E-state index is 12.3. The van der Waals surface area contributed by atoms with E-state index in [4.69, 9.17) is 4.74 Å². The van der Waals surface area contributed by atoms with Crippen LogP contribution >= 0.6 is 0 Å². The molecule has 1 N–H and O–H groups in total. The topological polar surface area (TPSA) is 66.8 Å². The molecule has 1 aliphatic heterocycles. The van der Waals surface area contributed by atoms with Crippen LogP contribution in [-0.4, -0.2) is 54.1 Å². The van der Waals surface area contributed by atoms with Crippen molar-refractivity contribution in [3.63, 3.8) is 0 Å². The number of Topliss-reactive ketones (excluding diaryl/α,β-unsaturated/α-hetero) is 1. The van der Waals surface area contributed by atoms with Crippen molar-refractivity contribution < 1.29 is 19.4 Å². The number of ether oxygens (including phenoxy) is 1. The lowest BCUT2D eigenvalue weighted by atomic mass is 9.86. The highest BCUT2D eigenvalue weighted by molar-refractivity contribution is 6.03. The number of hydrogen-bond acceptors (Lipinski definition) is 5. The zero-order valence-corrected chi connectivity index (χ0v) is 13.0.